The molecule has 7 nitrogen and oxygen atoms in total. The molecule has 0 saturated carbocycles. The van der Waals surface area contributed by atoms with E-state index in [1.165, 1.54) is 13.0 Å². The molecule has 8 heteroatoms. The molecule has 2 unspecified atom stereocenters. The molecule has 1 amide bonds. The molecule has 34 heavy (non-hydrogen) atoms. The normalized spacial score (nSPS) is 16.4. The van der Waals surface area contributed by atoms with Crippen molar-refractivity contribution < 1.29 is 22.4 Å². The molecule has 174 valence electrons. The van der Waals surface area contributed by atoms with Crippen molar-refractivity contribution in [3.05, 3.63) is 88.1 Å². The maximum atomic E-state index is 13.3. The lowest BCUT2D eigenvalue weighted by Crippen LogP contribution is -2.45. The predicted molar refractivity (Wildman–Crippen MR) is 129 cm³/mol. The lowest BCUT2D eigenvalue weighted by molar-refractivity contribution is -0.134. The fourth-order valence-corrected chi connectivity index (χ4v) is 5.77. The van der Waals surface area contributed by atoms with Crippen molar-refractivity contribution in [1.82, 2.24) is 4.31 Å². The van der Waals surface area contributed by atoms with Crippen LogP contribution in [0.15, 0.2) is 75.9 Å². The molecule has 0 N–H and O–H groups in total. The van der Waals surface area contributed by atoms with Gasteiger partial charge in [-0.25, -0.2) is 12.7 Å². The standard InChI is InChI=1S/C26H23NO6S/c1-16(26(29)27(34(2,30)31)22-13-11-17-7-3-4-8-19(17)22)32-18-12-14-24-21(15-18)25(28)20-9-5-6-10-23(20)33-24/h3-10,12,14-16,22H,11,13H2,1-2H3. The van der Waals surface area contributed by atoms with Gasteiger partial charge in [-0.1, -0.05) is 36.4 Å². The van der Waals surface area contributed by atoms with E-state index in [0.29, 0.717) is 34.8 Å². The maximum Gasteiger partial charge on any atom is 0.277 e. The maximum absolute atomic E-state index is 13.3. The summed E-state index contributed by atoms with van der Waals surface area (Å²) >= 11 is 0. The van der Waals surface area contributed by atoms with Crippen LogP contribution in [0.3, 0.4) is 0 Å². The number of amides is 1. The Bertz CT molecular complexity index is 1590. The molecule has 3 aromatic carbocycles. The summed E-state index contributed by atoms with van der Waals surface area (Å²) in [6.45, 7) is 1.51. The van der Waals surface area contributed by atoms with Gasteiger partial charge in [0.15, 0.2) is 6.10 Å². The van der Waals surface area contributed by atoms with Gasteiger partial charge in [-0.15, -0.1) is 0 Å². The third-order valence-corrected chi connectivity index (χ3v) is 7.32. The fourth-order valence-electron chi connectivity index (χ4n) is 4.62. The molecule has 1 aromatic heterocycles. The summed E-state index contributed by atoms with van der Waals surface area (Å²) in [4.78, 5) is 26.3. The van der Waals surface area contributed by atoms with Gasteiger partial charge in [-0.2, -0.15) is 0 Å². The number of rotatable bonds is 5. The Morgan fingerprint density at radius 2 is 1.74 bits per heavy atom. The lowest BCUT2D eigenvalue weighted by atomic mass is 10.1. The molecule has 2 atom stereocenters. The fraction of sp³-hybridized carbons (Fsp3) is 0.231. The van der Waals surface area contributed by atoms with Crippen LogP contribution in [0.1, 0.15) is 30.5 Å². The van der Waals surface area contributed by atoms with Gasteiger partial charge in [-0.05, 0) is 61.2 Å². The number of carbonyl (C=O) groups is 1. The van der Waals surface area contributed by atoms with Gasteiger partial charge in [0.05, 0.1) is 23.1 Å². The summed E-state index contributed by atoms with van der Waals surface area (Å²) in [6, 6.07) is 18.7. The molecule has 4 aromatic rings. The van der Waals surface area contributed by atoms with Gasteiger partial charge in [-0.3, -0.25) is 9.59 Å². The van der Waals surface area contributed by atoms with Gasteiger partial charge in [0.2, 0.25) is 15.5 Å². The number of nitrogens with zero attached hydrogens (tertiary/aromatic N) is 1. The lowest BCUT2D eigenvalue weighted by Gasteiger charge is -2.30. The zero-order valence-corrected chi connectivity index (χ0v) is 19.5. The molecule has 0 fully saturated rings. The number of benzene rings is 3. The minimum absolute atomic E-state index is 0.207. The number of hydrogen-bond donors (Lipinski definition) is 0. The van der Waals surface area contributed by atoms with Crippen LogP contribution in [-0.2, 0) is 21.2 Å². The quantitative estimate of drug-likeness (QED) is 0.400. The van der Waals surface area contributed by atoms with Crippen LogP contribution in [0.25, 0.3) is 21.9 Å². The van der Waals surface area contributed by atoms with Crippen molar-refractivity contribution in [2.75, 3.05) is 6.26 Å². The molecular formula is C26H23NO6S. The van der Waals surface area contributed by atoms with E-state index in [2.05, 4.69) is 0 Å². The summed E-state index contributed by atoms with van der Waals surface area (Å²) in [5.74, 6) is -0.383. The number of para-hydroxylation sites is 1. The van der Waals surface area contributed by atoms with Gasteiger partial charge in [0.1, 0.15) is 16.9 Å². The highest BCUT2D eigenvalue weighted by molar-refractivity contribution is 7.88. The highest BCUT2D eigenvalue weighted by Gasteiger charge is 2.39. The summed E-state index contributed by atoms with van der Waals surface area (Å²) in [6.07, 6.45) is 1.16. The summed E-state index contributed by atoms with van der Waals surface area (Å²) < 4.78 is 37.9. The Morgan fingerprint density at radius 3 is 2.53 bits per heavy atom. The van der Waals surface area contributed by atoms with Crippen LogP contribution in [0.2, 0.25) is 0 Å². The molecule has 0 saturated heterocycles. The number of ether oxygens (including phenoxy) is 1. The second kappa shape index (κ2) is 8.29. The van der Waals surface area contributed by atoms with Crippen molar-refractivity contribution >= 4 is 37.9 Å². The van der Waals surface area contributed by atoms with E-state index in [4.69, 9.17) is 9.15 Å². The van der Waals surface area contributed by atoms with E-state index in [1.807, 2.05) is 24.3 Å². The van der Waals surface area contributed by atoms with Crippen molar-refractivity contribution in [1.29, 1.82) is 0 Å². The highest BCUT2D eigenvalue weighted by atomic mass is 32.2. The number of fused-ring (bicyclic) bond motifs is 3. The SMILES string of the molecule is CC(Oc1ccc2oc3ccccc3c(=O)c2c1)C(=O)N(C1CCc2ccccc21)S(C)(=O)=O. The second-order valence-electron chi connectivity index (χ2n) is 8.50. The smallest absolute Gasteiger partial charge is 0.277 e. The molecule has 1 aliphatic carbocycles. The summed E-state index contributed by atoms with van der Waals surface area (Å²) in [7, 11) is -3.85. The first-order valence-electron chi connectivity index (χ1n) is 11.0. The second-order valence-corrected chi connectivity index (χ2v) is 10.4. The molecule has 1 heterocycles. The molecule has 0 bridgehead atoms. The van der Waals surface area contributed by atoms with Crippen LogP contribution in [0.4, 0.5) is 0 Å². The van der Waals surface area contributed by atoms with Crippen LogP contribution in [0.5, 0.6) is 5.75 Å². The zero-order chi connectivity index (χ0) is 24.0. The predicted octanol–water partition coefficient (Wildman–Crippen LogP) is 4.19. The average Bonchev–Trinajstić information content (AvgIpc) is 3.22. The van der Waals surface area contributed by atoms with Crippen LogP contribution >= 0.6 is 0 Å². The minimum Gasteiger partial charge on any atom is -0.481 e. The van der Waals surface area contributed by atoms with Crippen LogP contribution in [0, 0.1) is 0 Å². The van der Waals surface area contributed by atoms with Crippen LogP contribution < -0.4 is 10.2 Å². The van der Waals surface area contributed by atoms with Gasteiger partial charge in [0, 0.05) is 0 Å². The average molecular weight is 478 g/mol. The summed E-state index contributed by atoms with van der Waals surface area (Å²) in [5, 5.41) is 0.764. The third-order valence-electron chi connectivity index (χ3n) is 6.17. The van der Waals surface area contributed by atoms with Gasteiger partial charge < -0.3 is 9.15 Å². The first-order valence-corrected chi connectivity index (χ1v) is 12.8. The molecule has 0 radical (unpaired) electrons. The molecule has 5 rings (SSSR count). The van der Waals surface area contributed by atoms with E-state index in [1.54, 1.807) is 36.4 Å². The Balaban J connectivity index is 1.46. The van der Waals surface area contributed by atoms with E-state index in [-0.39, 0.29) is 11.2 Å². The third kappa shape index (κ3) is 3.84. The number of aryl methyl sites for hydroxylation is 1. The zero-order valence-electron chi connectivity index (χ0n) is 18.7. The van der Waals surface area contributed by atoms with E-state index >= 15 is 0 Å². The van der Waals surface area contributed by atoms with Gasteiger partial charge in [0.25, 0.3) is 5.91 Å². The monoisotopic (exact) mass is 477 g/mol. The summed E-state index contributed by atoms with van der Waals surface area (Å²) in [5.41, 5.74) is 2.55. The highest BCUT2D eigenvalue weighted by Crippen LogP contribution is 2.37. The first kappa shape index (κ1) is 22.2. The molecular weight excluding hydrogens is 454 g/mol. The Hall–Kier alpha value is -3.65. The van der Waals surface area contributed by atoms with Crippen molar-refractivity contribution in [3.63, 3.8) is 0 Å². The number of sulfonamides is 1. The van der Waals surface area contributed by atoms with E-state index in [0.717, 1.165) is 21.7 Å². The molecule has 0 spiro atoms. The van der Waals surface area contributed by atoms with Crippen LogP contribution in [-0.4, -0.2) is 31.0 Å². The molecule has 1 aliphatic rings. The van der Waals surface area contributed by atoms with Crippen molar-refractivity contribution in [2.24, 2.45) is 0 Å². The first-order chi connectivity index (χ1) is 16.2. The van der Waals surface area contributed by atoms with Crippen molar-refractivity contribution in [3.8, 4) is 5.75 Å². The van der Waals surface area contributed by atoms with E-state index < -0.39 is 28.1 Å². The van der Waals surface area contributed by atoms with Crippen molar-refractivity contribution in [2.45, 2.75) is 31.9 Å². The molecule has 0 aliphatic heterocycles. The number of hydrogen-bond acceptors (Lipinski definition) is 6. The van der Waals surface area contributed by atoms with E-state index in [9.17, 15) is 18.0 Å². The minimum atomic E-state index is -3.85. The Morgan fingerprint density at radius 1 is 1.03 bits per heavy atom. The van der Waals surface area contributed by atoms with Gasteiger partial charge >= 0.3 is 0 Å². The Kier molecular flexibility index (Phi) is 5.40. The number of carbonyl (C=O) groups excluding carboxylic acids is 1. The Labute approximate surface area is 196 Å². The largest absolute Gasteiger partial charge is 0.481 e. The topological polar surface area (TPSA) is 93.9 Å².